The zero-order valence-electron chi connectivity index (χ0n) is 19.4. The van der Waals surface area contributed by atoms with Crippen molar-refractivity contribution < 1.29 is 23.6 Å². The number of aromatic nitrogens is 1. The molecule has 0 aliphatic carbocycles. The molecule has 1 amide bonds. The van der Waals surface area contributed by atoms with Crippen molar-refractivity contribution in [3.05, 3.63) is 35.0 Å². The van der Waals surface area contributed by atoms with E-state index in [0.717, 1.165) is 62.2 Å². The topological polar surface area (TPSA) is 92.1 Å². The summed E-state index contributed by atoms with van der Waals surface area (Å²) in [5.74, 6) is -0.451. The molecule has 2 aliphatic rings. The van der Waals surface area contributed by atoms with Gasteiger partial charge in [0.25, 0.3) is 5.91 Å². The molecule has 8 nitrogen and oxygen atoms in total. The Bertz CT molecular complexity index is 1060. The number of benzene rings is 1. The molecule has 33 heavy (non-hydrogen) atoms. The minimum atomic E-state index is -1.15. The first-order valence-corrected chi connectivity index (χ1v) is 13.0. The summed E-state index contributed by atoms with van der Waals surface area (Å²) in [6.45, 7) is 5.63. The summed E-state index contributed by atoms with van der Waals surface area (Å²) in [6.07, 6.45) is 3.35. The van der Waals surface area contributed by atoms with Gasteiger partial charge in [0.05, 0.1) is 5.52 Å². The van der Waals surface area contributed by atoms with Crippen molar-refractivity contribution >= 4 is 33.8 Å². The molecule has 0 saturated carbocycles. The van der Waals surface area contributed by atoms with E-state index in [1.807, 2.05) is 23.0 Å². The number of rotatable bonds is 8. The first kappa shape index (κ1) is 23.9. The van der Waals surface area contributed by atoms with Gasteiger partial charge < -0.3 is 14.7 Å². The molecule has 1 fully saturated rings. The molecule has 0 spiro atoms. The monoisotopic (exact) mass is 475 g/mol. The van der Waals surface area contributed by atoms with Crippen LogP contribution in [0.2, 0.25) is 0 Å². The zero-order chi connectivity index (χ0) is 23.5. The molecule has 180 valence electrons. The van der Waals surface area contributed by atoms with E-state index in [0.29, 0.717) is 30.3 Å². The number of amides is 1. The number of hydrogen-bond acceptors (Lipinski definition) is 5. The van der Waals surface area contributed by atoms with E-state index in [9.17, 15) is 13.8 Å². The highest BCUT2D eigenvalue weighted by molar-refractivity contribution is 7.83. The maximum Gasteiger partial charge on any atom is 0.303 e. The van der Waals surface area contributed by atoms with Crippen LogP contribution < -0.4 is 0 Å². The summed E-state index contributed by atoms with van der Waals surface area (Å²) in [6, 6.07) is 6.13. The Labute approximate surface area is 197 Å². The molecule has 3 heterocycles. The molecule has 2 aliphatic heterocycles. The van der Waals surface area contributed by atoms with Crippen LogP contribution in [0.4, 0.5) is 0 Å². The Hall–Kier alpha value is -2.23. The predicted molar refractivity (Wildman–Crippen MR) is 128 cm³/mol. The second kappa shape index (κ2) is 10.4. The number of hydrogen-bond donors (Lipinski definition) is 1. The van der Waals surface area contributed by atoms with E-state index < -0.39 is 17.0 Å². The molecule has 1 atom stereocenters. The van der Waals surface area contributed by atoms with Gasteiger partial charge in [-0.15, -0.1) is 0 Å². The summed E-state index contributed by atoms with van der Waals surface area (Å²) in [5, 5.41) is 9.85. The first-order valence-electron chi connectivity index (χ1n) is 11.7. The average molecular weight is 476 g/mol. The quantitative estimate of drug-likeness (QED) is 0.631. The normalized spacial score (nSPS) is 18.2. The van der Waals surface area contributed by atoms with E-state index in [-0.39, 0.29) is 12.3 Å². The van der Waals surface area contributed by atoms with E-state index >= 15 is 0 Å². The van der Waals surface area contributed by atoms with Crippen molar-refractivity contribution in [1.82, 2.24) is 13.8 Å². The number of carboxylic acid groups (broad SMARTS) is 1. The highest BCUT2D eigenvalue weighted by atomic mass is 32.2. The van der Waals surface area contributed by atoms with Crippen LogP contribution in [0.15, 0.2) is 18.2 Å². The van der Waals surface area contributed by atoms with Crippen LogP contribution in [-0.2, 0) is 33.5 Å². The van der Waals surface area contributed by atoms with Gasteiger partial charge in [-0.05, 0) is 43.0 Å². The van der Waals surface area contributed by atoms with Crippen LogP contribution in [0.1, 0.15) is 54.2 Å². The molecular weight excluding hydrogens is 442 g/mol. The third-order valence-corrected chi connectivity index (χ3v) is 8.08. The number of carboxylic acids is 1. The fourth-order valence-corrected chi connectivity index (χ4v) is 6.07. The second-order valence-corrected chi connectivity index (χ2v) is 10.4. The van der Waals surface area contributed by atoms with Crippen LogP contribution in [0.5, 0.6) is 0 Å². The molecule has 2 aromatic rings. The van der Waals surface area contributed by atoms with Gasteiger partial charge in [0.1, 0.15) is 11.0 Å². The fourth-order valence-electron chi connectivity index (χ4n) is 4.98. The van der Waals surface area contributed by atoms with E-state index in [2.05, 4.69) is 4.90 Å². The third-order valence-electron chi connectivity index (χ3n) is 6.77. The number of aliphatic carboxylic acids is 1. The Kier molecular flexibility index (Phi) is 7.51. The second-order valence-electron chi connectivity index (χ2n) is 8.85. The summed E-state index contributed by atoms with van der Waals surface area (Å²) in [5.41, 5.74) is 3.78. The zero-order valence-corrected chi connectivity index (χ0v) is 20.2. The molecule has 1 saturated heterocycles. The van der Waals surface area contributed by atoms with Crippen molar-refractivity contribution in [3.63, 3.8) is 0 Å². The fraction of sp³-hybridized carbons (Fsp3) is 0.583. The summed E-state index contributed by atoms with van der Waals surface area (Å²) in [4.78, 5) is 27.9. The Morgan fingerprint density at radius 1 is 1.27 bits per heavy atom. The van der Waals surface area contributed by atoms with Crippen molar-refractivity contribution in [1.29, 1.82) is 0 Å². The lowest BCUT2D eigenvalue weighted by atomic mass is 9.99. The Morgan fingerprint density at radius 3 is 2.73 bits per heavy atom. The SMILES string of the molecule is CCS(=O)n1c2c(c3cc(C(=O)N(C)CCCC(=O)O)ccc31)CN(C1CCOCC1)CC2. The maximum atomic E-state index is 13.0. The predicted octanol–water partition coefficient (Wildman–Crippen LogP) is 2.65. The number of carbonyl (C=O) groups is 2. The molecule has 0 bridgehead atoms. The van der Waals surface area contributed by atoms with Gasteiger partial charge in [-0.25, -0.2) is 4.21 Å². The number of ether oxygens (including phenoxy) is 1. The van der Waals surface area contributed by atoms with Crippen LogP contribution in [0.25, 0.3) is 10.9 Å². The molecule has 9 heteroatoms. The highest BCUT2D eigenvalue weighted by Gasteiger charge is 2.30. The Morgan fingerprint density at radius 2 is 2.03 bits per heavy atom. The summed E-state index contributed by atoms with van der Waals surface area (Å²) < 4.78 is 20.5. The largest absolute Gasteiger partial charge is 0.481 e. The van der Waals surface area contributed by atoms with Crippen molar-refractivity contribution in [2.75, 3.05) is 39.1 Å². The summed E-state index contributed by atoms with van der Waals surface area (Å²) >= 11 is 0. The van der Waals surface area contributed by atoms with Crippen molar-refractivity contribution in [2.24, 2.45) is 0 Å². The average Bonchev–Trinajstić information content (AvgIpc) is 3.16. The van der Waals surface area contributed by atoms with Crippen LogP contribution in [-0.4, -0.2) is 80.1 Å². The van der Waals surface area contributed by atoms with Crippen molar-refractivity contribution in [2.45, 2.75) is 51.6 Å². The Balaban J connectivity index is 1.66. The van der Waals surface area contributed by atoms with Gasteiger partial charge in [0.15, 0.2) is 0 Å². The number of fused-ring (bicyclic) bond motifs is 3. The van der Waals surface area contributed by atoms with Crippen LogP contribution in [0, 0.1) is 0 Å². The lowest BCUT2D eigenvalue weighted by Crippen LogP contribution is -2.42. The lowest BCUT2D eigenvalue weighted by molar-refractivity contribution is -0.137. The van der Waals surface area contributed by atoms with Gasteiger partial charge in [-0.1, -0.05) is 6.92 Å². The number of carbonyl (C=O) groups excluding carboxylic acids is 1. The molecule has 1 aromatic heterocycles. The van der Waals surface area contributed by atoms with Gasteiger partial charge in [-0.2, -0.15) is 0 Å². The van der Waals surface area contributed by atoms with Crippen LogP contribution >= 0.6 is 0 Å². The van der Waals surface area contributed by atoms with E-state index in [1.54, 1.807) is 18.0 Å². The number of nitrogens with zero attached hydrogens (tertiary/aromatic N) is 3. The molecule has 1 aromatic carbocycles. The lowest BCUT2D eigenvalue weighted by Gasteiger charge is -2.37. The third kappa shape index (κ3) is 5.00. The molecule has 1 N–H and O–H groups in total. The van der Waals surface area contributed by atoms with Crippen LogP contribution in [0.3, 0.4) is 0 Å². The summed E-state index contributed by atoms with van der Waals surface area (Å²) in [7, 11) is 0.555. The van der Waals surface area contributed by atoms with Gasteiger partial charge in [0, 0.05) is 81.2 Å². The van der Waals surface area contributed by atoms with Gasteiger partial charge >= 0.3 is 5.97 Å². The standard InChI is InChI=1S/C24H33N3O5S/c1-3-33(31)27-21-7-6-17(24(30)25(2)11-4-5-23(28)29)15-19(21)20-16-26(12-8-22(20)27)18-9-13-32-14-10-18/h6-7,15,18H,3-5,8-14,16H2,1-2H3,(H,28,29). The van der Waals surface area contributed by atoms with Crippen molar-refractivity contribution in [3.8, 4) is 0 Å². The first-order chi connectivity index (χ1) is 15.9. The minimum Gasteiger partial charge on any atom is -0.481 e. The van der Waals surface area contributed by atoms with E-state index in [4.69, 9.17) is 9.84 Å². The minimum absolute atomic E-state index is 0.0396. The van der Waals surface area contributed by atoms with Gasteiger partial charge in [0.2, 0.25) is 0 Å². The smallest absolute Gasteiger partial charge is 0.303 e. The molecule has 0 radical (unpaired) electrons. The molecule has 4 rings (SSSR count). The highest BCUT2D eigenvalue weighted by Crippen LogP contribution is 2.34. The maximum absolute atomic E-state index is 13.0. The molecular formula is C24H33N3O5S. The van der Waals surface area contributed by atoms with E-state index in [1.165, 1.54) is 5.56 Å². The van der Waals surface area contributed by atoms with Gasteiger partial charge in [-0.3, -0.25) is 18.5 Å². The molecule has 1 unspecified atom stereocenters.